The van der Waals surface area contributed by atoms with Crippen LogP contribution in [0.5, 0.6) is 0 Å². The minimum atomic E-state index is -0.162. The van der Waals surface area contributed by atoms with E-state index in [0.717, 1.165) is 25.9 Å². The normalized spacial score (nSPS) is 15.3. The molecule has 0 N–H and O–H groups in total. The van der Waals surface area contributed by atoms with Gasteiger partial charge in [-0.3, -0.25) is 9.59 Å². The molecule has 3 rings (SSSR count). The Morgan fingerprint density at radius 2 is 2.04 bits per heavy atom. The summed E-state index contributed by atoms with van der Waals surface area (Å²) in [4.78, 5) is 28.7. The summed E-state index contributed by atoms with van der Waals surface area (Å²) < 4.78 is 10.4. The van der Waals surface area contributed by atoms with Crippen molar-refractivity contribution < 1.29 is 18.4 Å². The fourth-order valence-electron chi connectivity index (χ4n) is 3.06. The molecule has 2 amide bonds. The van der Waals surface area contributed by atoms with Gasteiger partial charge in [0, 0.05) is 26.1 Å². The Kier molecular flexibility index (Phi) is 5.58. The third-order valence-corrected chi connectivity index (χ3v) is 4.71. The molecule has 1 aliphatic rings. The monoisotopic (exact) mass is 344 g/mol. The van der Waals surface area contributed by atoms with E-state index in [1.165, 1.54) is 12.5 Å². The number of hydrogen-bond acceptors (Lipinski definition) is 4. The van der Waals surface area contributed by atoms with E-state index in [1.807, 2.05) is 11.0 Å². The maximum atomic E-state index is 12.7. The van der Waals surface area contributed by atoms with Crippen LogP contribution in [0, 0.1) is 5.92 Å². The molecule has 1 saturated heterocycles. The number of hydrogen-bond donors (Lipinski definition) is 0. The van der Waals surface area contributed by atoms with Gasteiger partial charge in [-0.25, -0.2) is 0 Å². The van der Waals surface area contributed by atoms with Crippen LogP contribution >= 0.6 is 0 Å². The molecule has 0 bridgehead atoms. The number of nitrogens with zero attached hydrogens (tertiary/aromatic N) is 2. The molecule has 134 valence electrons. The van der Waals surface area contributed by atoms with Crippen molar-refractivity contribution in [3.8, 4) is 0 Å². The summed E-state index contributed by atoms with van der Waals surface area (Å²) in [5.74, 6) is 1.32. The van der Waals surface area contributed by atoms with Crippen LogP contribution in [0.25, 0.3) is 0 Å². The van der Waals surface area contributed by atoms with Gasteiger partial charge in [-0.05, 0) is 37.0 Å². The summed E-state index contributed by atoms with van der Waals surface area (Å²) in [6.07, 6.45) is 6.89. The molecule has 25 heavy (non-hydrogen) atoms. The molecule has 1 aliphatic heterocycles. The zero-order valence-corrected chi connectivity index (χ0v) is 14.5. The minimum Gasteiger partial charge on any atom is -0.472 e. The van der Waals surface area contributed by atoms with E-state index in [9.17, 15) is 9.59 Å². The molecular weight excluding hydrogens is 320 g/mol. The van der Waals surface area contributed by atoms with Crippen LogP contribution in [0.2, 0.25) is 0 Å². The van der Waals surface area contributed by atoms with Crippen LogP contribution in [0.3, 0.4) is 0 Å². The summed E-state index contributed by atoms with van der Waals surface area (Å²) in [6.45, 7) is 4.54. The summed E-state index contributed by atoms with van der Waals surface area (Å²) >= 11 is 0. The third kappa shape index (κ3) is 4.53. The number of carbonyl (C=O) groups is 2. The van der Waals surface area contributed by atoms with Crippen molar-refractivity contribution in [1.82, 2.24) is 9.80 Å². The van der Waals surface area contributed by atoms with Gasteiger partial charge < -0.3 is 18.6 Å². The largest absolute Gasteiger partial charge is 0.472 e. The number of piperidine rings is 1. The van der Waals surface area contributed by atoms with Gasteiger partial charge >= 0.3 is 0 Å². The number of rotatable bonds is 6. The smallest absolute Gasteiger partial charge is 0.257 e. The molecule has 3 heterocycles. The highest BCUT2D eigenvalue weighted by atomic mass is 16.3. The Balaban J connectivity index is 1.61. The quantitative estimate of drug-likeness (QED) is 0.807. The average molecular weight is 344 g/mol. The predicted molar refractivity (Wildman–Crippen MR) is 91.8 cm³/mol. The summed E-state index contributed by atoms with van der Waals surface area (Å²) in [6, 6.07) is 5.24. The topological polar surface area (TPSA) is 66.9 Å². The molecule has 6 heteroatoms. The Bertz CT molecular complexity index is 670. The van der Waals surface area contributed by atoms with Gasteiger partial charge in [-0.1, -0.05) is 6.92 Å². The molecule has 2 aromatic rings. The lowest BCUT2D eigenvalue weighted by molar-refractivity contribution is -0.132. The maximum Gasteiger partial charge on any atom is 0.257 e. The zero-order chi connectivity index (χ0) is 17.6. The Hall–Kier alpha value is -2.50. The molecule has 0 aromatic carbocycles. The van der Waals surface area contributed by atoms with E-state index in [1.54, 1.807) is 23.3 Å². The molecule has 2 aromatic heterocycles. The average Bonchev–Trinajstić information content (AvgIpc) is 3.32. The lowest BCUT2D eigenvalue weighted by Crippen LogP contribution is -2.40. The van der Waals surface area contributed by atoms with Crippen LogP contribution in [0.15, 0.2) is 45.8 Å². The van der Waals surface area contributed by atoms with Crippen molar-refractivity contribution in [2.45, 2.75) is 32.7 Å². The van der Waals surface area contributed by atoms with Crippen molar-refractivity contribution in [2.75, 3.05) is 19.6 Å². The second-order valence-corrected chi connectivity index (χ2v) is 6.63. The minimum absolute atomic E-state index is 0.108. The zero-order valence-electron chi connectivity index (χ0n) is 14.5. The molecule has 6 nitrogen and oxygen atoms in total. The fraction of sp³-hybridized carbons (Fsp3) is 0.474. The standard InChI is InChI=1S/C19H24N2O4/c1-15-4-8-20(9-5-15)18(22)6-10-21(13-17-3-2-11-25-17)19(23)16-7-12-24-14-16/h2-3,7,11-12,14-15H,4-6,8-10,13H2,1H3. The van der Waals surface area contributed by atoms with Crippen molar-refractivity contribution in [3.63, 3.8) is 0 Å². The Labute approximate surface area is 147 Å². The molecule has 0 unspecified atom stereocenters. The van der Waals surface area contributed by atoms with Crippen molar-refractivity contribution in [3.05, 3.63) is 48.3 Å². The second-order valence-electron chi connectivity index (χ2n) is 6.63. The SMILES string of the molecule is CC1CCN(C(=O)CCN(Cc2ccco2)C(=O)c2ccoc2)CC1. The van der Waals surface area contributed by atoms with Crippen LogP contribution in [-0.4, -0.2) is 41.2 Å². The van der Waals surface area contributed by atoms with Crippen LogP contribution in [-0.2, 0) is 11.3 Å². The Morgan fingerprint density at radius 3 is 2.68 bits per heavy atom. The third-order valence-electron chi connectivity index (χ3n) is 4.71. The highest BCUT2D eigenvalue weighted by Gasteiger charge is 2.23. The summed E-state index contributed by atoms with van der Waals surface area (Å²) in [7, 11) is 0. The van der Waals surface area contributed by atoms with Gasteiger partial charge in [0.1, 0.15) is 12.0 Å². The maximum absolute atomic E-state index is 12.7. The van der Waals surface area contributed by atoms with Crippen LogP contribution in [0.4, 0.5) is 0 Å². The lowest BCUT2D eigenvalue weighted by atomic mass is 9.99. The van der Waals surface area contributed by atoms with Gasteiger partial charge in [0.15, 0.2) is 0 Å². The van der Waals surface area contributed by atoms with E-state index in [4.69, 9.17) is 8.83 Å². The van der Waals surface area contributed by atoms with E-state index in [2.05, 4.69) is 6.92 Å². The summed E-state index contributed by atoms with van der Waals surface area (Å²) in [5.41, 5.74) is 0.478. The second kappa shape index (κ2) is 8.05. The first-order valence-corrected chi connectivity index (χ1v) is 8.75. The van der Waals surface area contributed by atoms with E-state index in [-0.39, 0.29) is 11.8 Å². The van der Waals surface area contributed by atoms with E-state index >= 15 is 0 Å². The van der Waals surface area contributed by atoms with Gasteiger partial charge in [0.05, 0.1) is 24.6 Å². The van der Waals surface area contributed by atoms with Gasteiger partial charge in [0.2, 0.25) is 5.91 Å². The first kappa shape index (κ1) is 17.3. The molecule has 1 fully saturated rings. The van der Waals surface area contributed by atoms with Gasteiger partial charge in [-0.15, -0.1) is 0 Å². The van der Waals surface area contributed by atoms with E-state index in [0.29, 0.717) is 36.8 Å². The number of carbonyl (C=O) groups excluding carboxylic acids is 2. The summed E-state index contributed by atoms with van der Waals surface area (Å²) in [5, 5.41) is 0. The number of amides is 2. The van der Waals surface area contributed by atoms with Crippen LogP contribution in [0.1, 0.15) is 42.3 Å². The highest BCUT2D eigenvalue weighted by molar-refractivity contribution is 5.94. The predicted octanol–water partition coefficient (Wildman–Crippen LogP) is 3.16. The first-order valence-electron chi connectivity index (χ1n) is 8.75. The molecule has 0 aliphatic carbocycles. The molecule has 0 radical (unpaired) electrons. The molecule has 0 saturated carbocycles. The number of likely N-dealkylation sites (tertiary alicyclic amines) is 1. The highest BCUT2D eigenvalue weighted by Crippen LogP contribution is 2.17. The van der Waals surface area contributed by atoms with Gasteiger partial charge in [0.25, 0.3) is 5.91 Å². The molecular formula is C19H24N2O4. The Morgan fingerprint density at radius 1 is 1.24 bits per heavy atom. The van der Waals surface area contributed by atoms with Crippen molar-refractivity contribution in [1.29, 1.82) is 0 Å². The number of furan rings is 2. The van der Waals surface area contributed by atoms with Crippen LogP contribution < -0.4 is 0 Å². The van der Waals surface area contributed by atoms with Crippen molar-refractivity contribution in [2.24, 2.45) is 5.92 Å². The molecule has 0 spiro atoms. The van der Waals surface area contributed by atoms with E-state index < -0.39 is 0 Å². The van der Waals surface area contributed by atoms with Crippen molar-refractivity contribution >= 4 is 11.8 Å². The lowest BCUT2D eigenvalue weighted by Gasteiger charge is -2.31. The van der Waals surface area contributed by atoms with Gasteiger partial charge in [-0.2, -0.15) is 0 Å². The fourth-order valence-corrected chi connectivity index (χ4v) is 3.06. The first-order chi connectivity index (χ1) is 12.1. The molecule has 0 atom stereocenters.